The summed E-state index contributed by atoms with van der Waals surface area (Å²) in [6.07, 6.45) is 6.46. The number of nitrogen functional groups attached to an aromatic ring is 1. The van der Waals surface area contributed by atoms with E-state index in [1.54, 1.807) is 6.20 Å². The summed E-state index contributed by atoms with van der Waals surface area (Å²) in [4.78, 5) is 22.1. The lowest BCUT2D eigenvalue weighted by molar-refractivity contribution is 0.575. The van der Waals surface area contributed by atoms with Gasteiger partial charge in [-0.05, 0) is 30.7 Å². The van der Waals surface area contributed by atoms with E-state index in [1.165, 1.54) is 0 Å². The van der Waals surface area contributed by atoms with Crippen LogP contribution in [0.4, 0.5) is 5.82 Å². The van der Waals surface area contributed by atoms with E-state index < -0.39 is 0 Å². The van der Waals surface area contributed by atoms with Crippen LogP contribution in [-0.2, 0) is 13.1 Å². The van der Waals surface area contributed by atoms with E-state index in [-0.39, 0.29) is 0 Å². The monoisotopic (exact) mass is 408 g/mol. The second-order valence-corrected chi connectivity index (χ2v) is 7.55. The van der Waals surface area contributed by atoms with Crippen molar-refractivity contribution in [3.05, 3.63) is 67.3 Å². The Labute approximate surface area is 177 Å². The normalized spacial score (nSPS) is 11.7. The molecule has 4 aromatic heterocycles. The molecule has 0 radical (unpaired) electrons. The number of aromatic amines is 1. The number of para-hydroxylation sites is 4. The predicted octanol–water partition coefficient (Wildman–Crippen LogP) is 4.00. The number of H-pyrrole nitrogens is 1. The van der Waals surface area contributed by atoms with Gasteiger partial charge in [-0.1, -0.05) is 24.3 Å². The second kappa shape index (κ2) is 6.94. The van der Waals surface area contributed by atoms with Crippen molar-refractivity contribution in [2.75, 3.05) is 5.73 Å². The zero-order valence-electron chi connectivity index (χ0n) is 16.7. The number of nitrogens with zero attached hydrogens (tertiary/aromatic N) is 6. The van der Waals surface area contributed by atoms with Crippen LogP contribution in [0.2, 0.25) is 0 Å². The number of rotatable bonds is 5. The summed E-state index contributed by atoms with van der Waals surface area (Å²) in [6, 6.07) is 15.8. The van der Waals surface area contributed by atoms with Crippen LogP contribution in [0.3, 0.4) is 0 Å². The number of aryl methyl sites for hydroxylation is 2. The average Bonchev–Trinajstić information content (AvgIpc) is 3.51. The van der Waals surface area contributed by atoms with Crippen LogP contribution in [0.5, 0.6) is 0 Å². The van der Waals surface area contributed by atoms with Crippen molar-refractivity contribution >= 4 is 39.0 Å². The number of fused-ring (bicyclic) bond motifs is 3. The van der Waals surface area contributed by atoms with E-state index in [4.69, 9.17) is 20.7 Å². The molecule has 31 heavy (non-hydrogen) atoms. The summed E-state index contributed by atoms with van der Waals surface area (Å²) in [6.45, 7) is 1.56. The molecule has 0 amide bonds. The summed E-state index contributed by atoms with van der Waals surface area (Å²) < 4.78 is 4.11. The van der Waals surface area contributed by atoms with Gasteiger partial charge in [-0.3, -0.25) is 0 Å². The van der Waals surface area contributed by atoms with Crippen molar-refractivity contribution in [1.82, 2.24) is 34.1 Å². The van der Waals surface area contributed by atoms with Gasteiger partial charge in [0.25, 0.3) is 0 Å². The summed E-state index contributed by atoms with van der Waals surface area (Å²) in [5, 5.41) is 0. The van der Waals surface area contributed by atoms with Crippen LogP contribution >= 0.6 is 0 Å². The van der Waals surface area contributed by atoms with Gasteiger partial charge in [-0.2, -0.15) is 0 Å². The lowest BCUT2D eigenvalue weighted by Gasteiger charge is -2.08. The highest BCUT2D eigenvalue weighted by Gasteiger charge is 2.22. The van der Waals surface area contributed by atoms with Gasteiger partial charge >= 0.3 is 0 Å². The lowest BCUT2D eigenvalue weighted by atomic mass is 10.2. The van der Waals surface area contributed by atoms with E-state index in [1.807, 2.05) is 65.6 Å². The third-order valence-corrected chi connectivity index (χ3v) is 5.57. The van der Waals surface area contributed by atoms with Gasteiger partial charge in [-0.25, -0.2) is 19.9 Å². The molecule has 4 heterocycles. The molecular formula is C23H20N8. The van der Waals surface area contributed by atoms with E-state index in [9.17, 15) is 0 Å². The third-order valence-electron chi connectivity index (χ3n) is 5.57. The first kappa shape index (κ1) is 17.6. The van der Waals surface area contributed by atoms with Gasteiger partial charge < -0.3 is 19.9 Å². The number of imidazole rings is 2. The van der Waals surface area contributed by atoms with Crippen molar-refractivity contribution in [2.24, 2.45) is 0 Å². The topological polar surface area (TPSA) is 103 Å². The summed E-state index contributed by atoms with van der Waals surface area (Å²) in [7, 11) is 0. The fraction of sp³-hybridized carbons (Fsp3) is 0.130. The summed E-state index contributed by atoms with van der Waals surface area (Å²) >= 11 is 0. The van der Waals surface area contributed by atoms with Gasteiger partial charge in [-0.15, -0.1) is 0 Å². The number of aromatic nitrogens is 7. The fourth-order valence-electron chi connectivity index (χ4n) is 4.08. The van der Waals surface area contributed by atoms with Crippen LogP contribution in [0.25, 0.3) is 44.6 Å². The quantitative estimate of drug-likeness (QED) is 0.449. The number of hydrogen-bond acceptors (Lipinski definition) is 5. The molecular weight excluding hydrogens is 388 g/mol. The first-order valence-corrected chi connectivity index (χ1v) is 10.2. The van der Waals surface area contributed by atoms with Gasteiger partial charge in [0.2, 0.25) is 0 Å². The highest BCUT2D eigenvalue weighted by atomic mass is 15.1. The third kappa shape index (κ3) is 2.92. The minimum atomic E-state index is 0.620. The predicted molar refractivity (Wildman–Crippen MR) is 121 cm³/mol. The average molecular weight is 408 g/mol. The molecule has 0 atom stereocenters. The molecule has 0 spiro atoms. The molecule has 0 aliphatic carbocycles. The molecule has 0 aliphatic heterocycles. The Balaban J connectivity index is 1.52. The van der Waals surface area contributed by atoms with Crippen LogP contribution in [-0.4, -0.2) is 34.1 Å². The molecule has 0 bridgehead atoms. The zero-order chi connectivity index (χ0) is 20.8. The van der Waals surface area contributed by atoms with E-state index in [2.05, 4.69) is 14.5 Å². The molecule has 6 aromatic rings. The Morgan fingerprint density at radius 3 is 2.42 bits per heavy atom. The summed E-state index contributed by atoms with van der Waals surface area (Å²) in [5.41, 5.74) is 12.6. The van der Waals surface area contributed by atoms with Crippen molar-refractivity contribution in [2.45, 2.75) is 19.5 Å². The number of benzene rings is 2. The molecule has 6 rings (SSSR count). The molecule has 0 unspecified atom stereocenters. The van der Waals surface area contributed by atoms with E-state index in [0.29, 0.717) is 18.2 Å². The standard InChI is InChI=1S/C23H20N8/c24-21-19(22-27-16-7-2-3-8-17(16)28-22)20-23(29-18-9-4-1-6-15(18)26-20)31(21)12-5-11-30-13-10-25-14-30/h1-4,6-10,13-14H,5,11-12,24H2,(H,27,28). The van der Waals surface area contributed by atoms with Crippen molar-refractivity contribution in [3.8, 4) is 11.4 Å². The SMILES string of the molecule is Nc1c(-c2nc3ccccc3[nH]2)c2nc3ccccc3nc2n1CCCn1ccnc1. The fourth-order valence-corrected chi connectivity index (χ4v) is 4.08. The molecule has 0 saturated carbocycles. The van der Waals surface area contributed by atoms with Gasteiger partial charge in [0, 0.05) is 25.5 Å². The molecule has 0 aliphatic rings. The molecule has 0 fully saturated rings. The maximum Gasteiger partial charge on any atom is 0.161 e. The van der Waals surface area contributed by atoms with Crippen LogP contribution in [0, 0.1) is 0 Å². The minimum absolute atomic E-state index is 0.620. The van der Waals surface area contributed by atoms with Crippen LogP contribution < -0.4 is 5.73 Å². The Kier molecular flexibility index (Phi) is 3.95. The first-order chi connectivity index (χ1) is 15.3. The zero-order valence-corrected chi connectivity index (χ0v) is 16.7. The van der Waals surface area contributed by atoms with Crippen LogP contribution in [0.15, 0.2) is 67.3 Å². The van der Waals surface area contributed by atoms with Crippen molar-refractivity contribution < 1.29 is 0 Å². The highest BCUT2D eigenvalue weighted by Crippen LogP contribution is 2.35. The maximum absolute atomic E-state index is 6.70. The summed E-state index contributed by atoms with van der Waals surface area (Å²) in [5.74, 6) is 1.33. The molecule has 2 aromatic carbocycles. The van der Waals surface area contributed by atoms with Gasteiger partial charge in [0.1, 0.15) is 17.2 Å². The Morgan fingerprint density at radius 1 is 0.871 bits per heavy atom. The Hall–Kier alpha value is -4.20. The highest BCUT2D eigenvalue weighted by molar-refractivity contribution is 6.01. The van der Waals surface area contributed by atoms with Crippen molar-refractivity contribution in [1.29, 1.82) is 0 Å². The number of nitrogens with one attached hydrogen (secondary N) is 1. The first-order valence-electron chi connectivity index (χ1n) is 10.2. The minimum Gasteiger partial charge on any atom is -0.384 e. The molecule has 0 saturated heterocycles. The van der Waals surface area contributed by atoms with Crippen LogP contribution in [0.1, 0.15) is 6.42 Å². The molecule has 8 nitrogen and oxygen atoms in total. The molecule has 3 N–H and O–H groups in total. The lowest BCUT2D eigenvalue weighted by Crippen LogP contribution is -2.07. The number of nitrogens with two attached hydrogens (primary N) is 1. The Bertz CT molecular complexity index is 1490. The number of anilines is 1. The second-order valence-electron chi connectivity index (χ2n) is 7.55. The molecule has 8 heteroatoms. The van der Waals surface area contributed by atoms with Gasteiger partial charge in [0.15, 0.2) is 5.65 Å². The Morgan fingerprint density at radius 2 is 1.65 bits per heavy atom. The van der Waals surface area contributed by atoms with Gasteiger partial charge in [0.05, 0.1) is 34.0 Å². The molecule has 152 valence electrons. The maximum atomic E-state index is 6.70. The smallest absolute Gasteiger partial charge is 0.161 e. The van der Waals surface area contributed by atoms with Crippen molar-refractivity contribution in [3.63, 3.8) is 0 Å². The van der Waals surface area contributed by atoms with E-state index >= 15 is 0 Å². The van der Waals surface area contributed by atoms with E-state index in [0.717, 1.165) is 51.8 Å². The number of hydrogen-bond donors (Lipinski definition) is 2. The largest absolute Gasteiger partial charge is 0.384 e.